The van der Waals surface area contributed by atoms with Crippen LogP contribution in [-0.4, -0.2) is 0 Å². The topological polar surface area (TPSA) is 0 Å². The fraction of sp³-hybridized carbons (Fsp3) is 1.00. The first-order chi connectivity index (χ1) is 10.2. The van der Waals surface area contributed by atoms with Gasteiger partial charge in [0.1, 0.15) is 0 Å². The van der Waals surface area contributed by atoms with E-state index < -0.39 is 0 Å². The Balaban J connectivity index is 1.78. The third-order valence-electron chi connectivity index (χ3n) is 7.87. The van der Waals surface area contributed by atoms with Gasteiger partial charge in [0.25, 0.3) is 0 Å². The van der Waals surface area contributed by atoms with E-state index in [1.54, 1.807) is 38.5 Å². The van der Waals surface area contributed by atoms with Gasteiger partial charge in [-0.1, -0.05) is 65.2 Å². The summed E-state index contributed by atoms with van der Waals surface area (Å²) in [5.41, 5.74) is 0.695. The SMILES string of the molecule is CC1CCC(C(C)(C2CCCCC2)C2CCCCC2)CC1. The molecule has 0 aromatic carbocycles. The summed E-state index contributed by atoms with van der Waals surface area (Å²) in [4.78, 5) is 0. The molecule has 0 radical (unpaired) electrons. The van der Waals surface area contributed by atoms with Crippen LogP contribution < -0.4 is 0 Å². The summed E-state index contributed by atoms with van der Waals surface area (Å²) in [6, 6.07) is 0. The number of rotatable bonds is 3. The van der Waals surface area contributed by atoms with E-state index in [9.17, 15) is 0 Å². The molecule has 21 heavy (non-hydrogen) atoms. The van der Waals surface area contributed by atoms with Crippen molar-refractivity contribution in [3.05, 3.63) is 0 Å². The fourth-order valence-corrected chi connectivity index (χ4v) is 6.33. The monoisotopic (exact) mass is 290 g/mol. The van der Waals surface area contributed by atoms with E-state index in [4.69, 9.17) is 0 Å². The Labute approximate surface area is 133 Å². The van der Waals surface area contributed by atoms with Crippen LogP contribution in [0.2, 0.25) is 0 Å². The highest BCUT2D eigenvalue weighted by molar-refractivity contribution is 4.97. The van der Waals surface area contributed by atoms with Crippen LogP contribution in [0.3, 0.4) is 0 Å². The smallest absolute Gasteiger partial charge is 0.0241 e. The molecule has 0 spiro atoms. The quantitative estimate of drug-likeness (QED) is 0.526. The van der Waals surface area contributed by atoms with Crippen molar-refractivity contribution in [2.75, 3.05) is 0 Å². The highest BCUT2D eigenvalue weighted by Crippen LogP contribution is 2.56. The predicted molar refractivity (Wildman–Crippen MR) is 92.4 cm³/mol. The molecular formula is C21H38. The summed E-state index contributed by atoms with van der Waals surface area (Å²) in [5.74, 6) is 4.18. The molecule has 0 unspecified atom stereocenters. The zero-order valence-electron chi connectivity index (χ0n) is 14.7. The molecule has 0 heterocycles. The minimum absolute atomic E-state index is 0.695. The second-order valence-corrected chi connectivity index (χ2v) is 8.99. The maximum atomic E-state index is 2.76. The van der Waals surface area contributed by atoms with Crippen LogP contribution in [0.4, 0.5) is 0 Å². The van der Waals surface area contributed by atoms with Gasteiger partial charge < -0.3 is 0 Å². The number of hydrogen-bond donors (Lipinski definition) is 0. The molecule has 0 atom stereocenters. The third-order valence-corrected chi connectivity index (χ3v) is 7.87. The van der Waals surface area contributed by atoms with E-state index in [2.05, 4.69) is 13.8 Å². The van der Waals surface area contributed by atoms with Crippen LogP contribution in [-0.2, 0) is 0 Å². The lowest BCUT2D eigenvalue weighted by atomic mass is 9.52. The van der Waals surface area contributed by atoms with E-state index in [1.165, 1.54) is 51.4 Å². The molecule has 0 aliphatic heterocycles. The molecule has 0 N–H and O–H groups in total. The fourth-order valence-electron chi connectivity index (χ4n) is 6.33. The summed E-state index contributed by atoms with van der Waals surface area (Å²) in [5, 5.41) is 0. The highest BCUT2D eigenvalue weighted by Gasteiger charge is 2.47. The maximum Gasteiger partial charge on any atom is -0.0241 e. The summed E-state index contributed by atoms with van der Waals surface area (Å²) in [6.07, 6.45) is 21.5. The normalized spacial score (nSPS) is 34.0. The zero-order valence-corrected chi connectivity index (χ0v) is 14.7. The lowest BCUT2D eigenvalue weighted by Crippen LogP contribution is -2.45. The minimum atomic E-state index is 0.695. The van der Waals surface area contributed by atoms with E-state index in [-0.39, 0.29) is 0 Å². The summed E-state index contributed by atoms with van der Waals surface area (Å²) in [7, 11) is 0. The molecule has 3 saturated carbocycles. The standard InChI is InChI=1S/C21H38/c1-17-13-15-20(16-14-17)21(2,18-9-5-3-6-10-18)19-11-7-4-8-12-19/h17-20H,3-16H2,1-2H3. The first kappa shape index (κ1) is 15.9. The molecule has 3 fully saturated rings. The molecule has 3 aliphatic rings. The van der Waals surface area contributed by atoms with Gasteiger partial charge in [-0.15, -0.1) is 0 Å². The molecule has 0 amide bonds. The molecular weight excluding hydrogens is 252 g/mol. The molecule has 0 aromatic rings. The van der Waals surface area contributed by atoms with Crippen LogP contribution in [0, 0.1) is 29.1 Å². The van der Waals surface area contributed by atoms with Crippen molar-refractivity contribution in [1.29, 1.82) is 0 Å². The lowest BCUT2D eigenvalue weighted by Gasteiger charge is -2.53. The summed E-state index contributed by atoms with van der Waals surface area (Å²) in [6.45, 7) is 5.24. The predicted octanol–water partition coefficient (Wildman–Crippen LogP) is 6.98. The molecule has 0 saturated heterocycles. The first-order valence-corrected chi connectivity index (χ1v) is 10.2. The summed E-state index contributed by atoms with van der Waals surface area (Å²) >= 11 is 0. The molecule has 3 aliphatic carbocycles. The van der Waals surface area contributed by atoms with Gasteiger partial charge in [-0.3, -0.25) is 0 Å². The van der Waals surface area contributed by atoms with Gasteiger partial charge in [-0.2, -0.15) is 0 Å². The molecule has 0 heteroatoms. The van der Waals surface area contributed by atoms with Crippen LogP contribution in [0.15, 0.2) is 0 Å². The molecule has 0 aromatic heterocycles. The molecule has 122 valence electrons. The van der Waals surface area contributed by atoms with E-state index in [1.807, 2.05) is 0 Å². The lowest BCUT2D eigenvalue weighted by molar-refractivity contribution is -0.0362. The van der Waals surface area contributed by atoms with E-state index in [0.29, 0.717) is 5.41 Å². The van der Waals surface area contributed by atoms with Gasteiger partial charge in [0.15, 0.2) is 0 Å². The van der Waals surface area contributed by atoms with Gasteiger partial charge >= 0.3 is 0 Å². The molecule has 3 rings (SSSR count). The van der Waals surface area contributed by atoms with Crippen molar-refractivity contribution in [2.24, 2.45) is 29.1 Å². The third kappa shape index (κ3) is 3.35. The number of hydrogen-bond acceptors (Lipinski definition) is 0. The second kappa shape index (κ2) is 7.05. The Morgan fingerprint density at radius 2 is 0.905 bits per heavy atom. The van der Waals surface area contributed by atoms with Crippen molar-refractivity contribution < 1.29 is 0 Å². The van der Waals surface area contributed by atoms with E-state index in [0.717, 1.165) is 23.7 Å². The minimum Gasteiger partial charge on any atom is -0.0625 e. The van der Waals surface area contributed by atoms with Crippen molar-refractivity contribution in [1.82, 2.24) is 0 Å². The second-order valence-electron chi connectivity index (χ2n) is 8.99. The molecule has 0 nitrogen and oxygen atoms in total. The van der Waals surface area contributed by atoms with Gasteiger partial charge in [-0.25, -0.2) is 0 Å². The Kier molecular flexibility index (Phi) is 5.33. The van der Waals surface area contributed by atoms with Crippen LogP contribution in [0.1, 0.15) is 104 Å². The van der Waals surface area contributed by atoms with Gasteiger partial charge in [0, 0.05) is 0 Å². The maximum absolute atomic E-state index is 2.76. The van der Waals surface area contributed by atoms with Crippen LogP contribution in [0.5, 0.6) is 0 Å². The average Bonchev–Trinajstić information content (AvgIpc) is 2.56. The first-order valence-electron chi connectivity index (χ1n) is 10.2. The Hall–Kier alpha value is 0. The van der Waals surface area contributed by atoms with Gasteiger partial charge in [0.05, 0.1) is 0 Å². The highest BCUT2D eigenvalue weighted by atomic mass is 14.5. The molecule has 0 bridgehead atoms. The van der Waals surface area contributed by atoms with Gasteiger partial charge in [-0.05, 0) is 67.6 Å². The van der Waals surface area contributed by atoms with Gasteiger partial charge in [0.2, 0.25) is 0 Å². The van der Waals surface area contributed by atoms with Crippen molar-refractivity contribution in [2.45, 2.75) is 104 Å². The van der Waals surface area contributed by atoms with Crippen LogP contribution >= 0.6 is 0 Å². The zero-order chi connectivity index (χ0) is 14.7. The largest absolute Gasteiger partial charge is 0.0625 e. The average molecular weight is 291 g/mol. The van der Waals surface area contributed by atoms with Crippen LogP contribution in [0.25, 0.3) is 0 Å². The van der Waals surface area contributed by atoms with Crippen molar-refractivity contribution >= 4 is 0 Å². The van der Waals surface area contributed by atoms with Crippen molar-refractivity contribution in [3.8, 4) is 0 Å². The Bertz CT molecular complexity index is 280. The van der Waals surface area contributed by atoms with Crippen molar-refractivity contribution in [3.63, 3.8) is 0 Å². The van der Waals surface area contributed by atoms with E-state index >= 15 is 0 Å². The Morgan fingerprint density at radius 1 is 0.524 bits per heavy atom. The Morgan fingerprint density at radius 3 is 1.33 bits per heavy atom. The summed E-state index contributed by atoms with van der Waals surface area (Å²) < 4.78 is 0.